The van der Waals surface area contributed by atoms with Crippen molar-refractivity contribution < 1.29 is 9.47 Å². The molecule has 0 amide bonds. The van der Waals surface area contributed by atoms with Crippen LogP contribution in [0, 0.1) is 0 Å². The molecule has 0 aliphatic carbocycles. The van der Waals surface area contributed by atoms with Gasteiger partial charge in [-0.1, -0.05) is 18.2 Å². The van der Waals surface area contributed by atoms with Crippen LogP contribution in [0.4, 0.5) is 0 Å². The Labute approximate surface area is 104 Å². The molecule has 0 radical (unpaired) electrons. The highest BCUT2D eigenvalue weighted by Crippen LogP contribution is 2.10. The van der Waals surface area contributed by atoms with Crippen molar-refractivity contribution in [3.05, 3.63) is 30.3 Å². The second-order valence-corrected chi connectivity index (χ2v) is 4.00. The van der Waals surface area contributed by atoms with Gasteiger partial charge in [0, 0.05) is 19.8 Å². The maximum absolute atomic E-state index is 5.75. The molecule has 0 aliphatic rings. The predicted molar refractivity (Wildman–Crippen MR) is 70.5 cm³/mol. The summed E-state index contributed by atoms with van der Waals surface area (Å²) in [6.45, 7) is 7.56. The van der Waals surface area contributed by atoms with E-state index in [9.17, 15) is 0 Å². The first kappa shape index (κ1) is 14.0. The highest BCUT2D eigenvalue weighted by molar-refractivity contribution is 5.21. The molecule has 0 heterocycles. The molecule has 1 rings (SSSR count). The second-order valence-electron chi connectivity index (χ2n) is 4.00. The van der Waals surface area contributed by atoms with Gasteiger partial charge in [-0.2, -0.15) is 0 Å². The van der Waals surface area contributed by atoms with Crippen LogP contribution in [-0.2, 0) is 4.74 Å². The van der Waals surface area contributed by atoms with Crippen molar-refractivity contribution in [2.75, 3.05) is 26.3 Å². The van der Waals surface area contributed by atoms with Crippen LogP contribution in [0.5, 0.6) is 5.75 Å². The Morgan fingerprint density at radius 2 is 2.00 bits per heavy atom. The first-order valence-corrected chi connectivity index (χ1v) is 6.33. The Kier molecular flexibility index (Phi) is 7.43. The molecule has 0 saturated carbocycles. The highest BCUT2D eigenvalue weighted by Gasteiger charge is 2.02. The Morgan fingerprint density at radius 1 is 1.24 bits per heavy atom. The summed E-state index contributed by atoms with van der Waals surface area (Å²) in [6.07, 6.45) is 1.23. The molecule has 1 aromatic rings. The zero-order valence-corrected chi connectivity index (χ0v) is 10.8. The topological polar surface area (TPSA) is 30.5 Å². The van der Waals surface area contributed by atoms with Crippen LogP contribution in [0.2, 0.25) is 0 Å². The molecule has 96 valence electrons. The van der Waals surface area contributed by atoms with Gasteiger partial charge in [0.05, 0.1) is 0 Å². The second kappa shape index (κ2) is 9.02. The van der Waals surface area contributed by atoms with E-state index in [4.69, 9.17) is 9.47 Å². The number of benzene rings is 1. The minimum Gasteiger partial charge on any atom is -0.489 e. The predicted octanol–water partition coefficient (Wildman–Crippen LogP) is 2.47. The van der Waals surface area contributed by atoms with Crippen molar-refractivity contribution >= 4 is 0 Å². The minimum atomic E-state index is 0.185. The summed E-state index contributed by atoms with van der Waals surface area (Å²) < 4.78 is 11.0. The van der Waals surface area contributed by atoms with Crippen molar-refractivity contribution in [2.45, 2.75) is 26.4 Å². The third kappa shape index (κ3) is 6.97. The van der Waals surface area contributed by atoms with Gasteiger partial charge in [-0.3, -0.25) is 0 Å². The number of para-hydroxylation sites is 1. The third-order valence-electron chi connectivity index (χ3n) is 2.36. The van der Waals surface area contributed by atoms with E-state index >= 15 is 0 Å². The van der Waals surface area contributed by atoms with E-state index in [0.29, 0.717) is 0 Å². The fourth-order valence-corrected chi connectivity index (χ4v) is 1.52. The summed E-state index contributed by atoms with van der Waals surface area (Å²) in [5, 5.41) is 3.36. The van der Waals surface area contributed by atoms with Gasteiger partial charge in [-0.15, -0.1) is 0 Å². The number of ether oxygens (including phenoxy) is 2. The maximum atomic E-state index is 5.75. The molecule has 1 aromatic carbocycles. The molecule has 0 aromatic heterocycles. The summed E-state index contributed by atoms with van der Waals surface area (Å²) in [6, 6.07) is 9.91. The molecule has 1 atom stereocenters. The van der Waals surface area contributed by atoms with Crippen LogP contribution in [0.1, 0.15) is 20.3 Å². The third-order valence-corrected chi connectivity index (χ3v) is 2.36. The van der Waals surface area contributed by atoms with Crippen molar-refractivity contribution in [3.63, 3.8) is 0 Å². The zero-order valence-electron chi connectivity index (χ0n) is 10.8. The normalized spacial score (nSPS) is 12.4. The molecule has 0 aliphatic heterocycles. The quantitative estimate of drug-likeness (QED) is 0.669. The number of hydrogen-bond acceptors (Lipinski definition) is 3. The lowest BCUT2D eigenvalue weighted by Crippen LogP contribution is -2.30. The molecule has 17 heavy (non-hydrogen) atoms. The molecule has 3 heteroatoms. The smallest absolute Gasteiger partial charge is 0.119 e. The Morgan fingerprint density at radius 3 is 2.71 bits per heavy atom. The summed E-state index contributed by atoms with van der Waals surface area (Å²) in [5.41, 5.74) is 0. The van der Waals surface area contributed by atoms with Gasteiger partial charge in [-0.25, -0.2) is 0 Å². The summed E-state index contributed by atoms with van der Waals surface area (Å²) in [5.74, 6) is 0.927. The highest BCUT2D eigenvalue weighted by atomic mass is 16.5. The van der Waals surface area contributed by atoms with Crippen molar-refractivity contribution in [3.8, 4) is 5.75 Å². The Hall–Kier alpha value is -1.06. The SMILES string of the molecule is CCOCCCNCC(C)Oc1ccccc1. The fraction of sp³-hybridized carbons (Fsp3) is 0.571. The Bertz CT molecular complexity index is 277. The summed E-state index contributed by atoms with van der Waals surface area (Å²) in [7, 11) is 0. The molecule has 1 unspecified atom stereocenters. The van der Waals surface area contributed by atoms with Crippen LogP contribution in [-0.4, -0.2) is 32.4 Å². The van der Waals surface area contributed by atoms with Crippen molar-refractivity contribution in [1.29, 1.82) is 0 Å². The first-order valence-electron chi connectivity index (χ1n) is 6.33. The first-order chi connectivity index (χ1) is 8.33. The zero-order chi connectivity index (χ0) is 12.3. The summed E-state index contributed by atoms with van der Waals surface area (Å²) in [4.78, 5) is 0. The molecule has 1 N–H and O–H groups in total. The fourth-order valence-electron chi connectivity index (χ4n) is 1.52. The lowest BCUT2D eigenvalue weighted by Gasteiger charge is -2.15. The van der Waals surface area contributed by atoms with Gasteiger partial charge >= 0.3 is 0 Å². The molecule has 3 nitrogen and oxygen atoms in total. The lowest BCUT2D eigenvalue weighted by atomic mass is 10.3. The van der Waals surface area contributed by atoms with E-state index in [1.165, 1.54) is 0 Å². The molecule has 0 bridgehead atoms. The van der Waals surface area contributed by atoms with Crippen molar-refractivity contribution in [1.82, 2.24) is 5.32 Å². The molecule has 0 fully saturated rings. The van der Waals surface area contributed by atoms with Gasteiger partial charge in [0.2, 0.25) is 0 Å². The average molecular weight is 237 g/mol. The van der Waals surface area contributed by atoms with Crippen LogP contribution < -0.4 is 10.1 Å². The Balaban J connectivity index is 2.03. The average Bonchev–Trinajstić information content (AvgIpc) is 2.35. The van der Waals surface area contributed by atoms with E-state index in [1.54, 1.807) is 0 Å². The van der Waals surface area contributed by atoms with Crippen molar-refractivity contribution in [2.24, 2.45) is 0 Å². The van der Waals surface area contributed by atoms with Gasteiger partial charge in [0.1, 0.15) is 11.9 Å². The van der Waals surface area contributed by atoms with Crippen LogP contribution in [0.25, 0.3) is 0 Å². The molecule has 0 spiro atoms. The standard InChI is InChI=1S/C14H23NO2/c1-3-16-11-7-10-15-12-13(2)17-14-8-5-4-6-9-14/h4-6,8-9,13,15H,3,7,10-12H2,1-2H3. The number of rotatable bonds is 9. The van der Waals surface area contributed by atoms with Gasteiger partial charge in [0.15, 0.2) is 0 Å². The minimum absolute atomic E-state index is 0.185. The molecule has 0 saturated heterocycles. The van der Waals surface area contributed by atoms with Gasteiger partial charge in [0.25, 0.3) is 0 Å². The summed E-state index contributed by atoms with van der Waals surface area (Å²) >= 11 is 0. The van der Waals surface area contributed by atoms with Crippen LogP contribution >= 0.6 is 0 Å². The number of hydrogen-bond donors (Lipinski definition) is 1. The van der Waals surface area contributed by atoms with E-state index in [-0.39, 0.29) is 6.10 Å². The van der Waals surface area contributed by atoms with E-state index in [1.807, 2.05) is 37.3 Å². The van der Waals surface area contributed by atoms with Crippen LogP contribution in [0.15, 0.2) is 30.3 Å². The van der Waals surface area contributed by atoms with E-state index in [0.717, 1.165) is 38.5 Å². The largest absolute Gasteiger partial charge is 0.489 e. The van der Waals surface area contributed by atoms with E-state index in [2.05, 4.69) is 12.2 Å². The molecular weight excluding hydrogens is 214 g/mol. The maximum Gasteiger partial charge on any atom is 0.119 e. The monoisotopic (exact) mass is 237 g/mol. The molecular formula is C14H23NO2. The lowest BCUT2D eigenvalue weighted by molar-refractivity contribution is 0.143. The van der Waals surface area contributed by atoms with Crippen LogP contribution in [0.3, 0.4) is 0 Å². The van der Waals surface area contributed by atoms with Gasteiger partial charge < -0.3 is 14.8 Å². The van der Waals surface area contributed by atoms with E-state index < -0.39 is 0 Å². The van der Waals surface area contributed by atoms with Gasteiger partial charge in [-0.05, 0) is 38.9 Å². The number of nitrogens with one attached hydrogen (secondary N) is 1.